The summed E-state index contributed by atoms with van der Waals surface area (Å²) in [6.07, 6.45) is 7.86. The maximum atomic E-state index is 5.48. The van der Waals surface area contributed by atoms with Crippen LogP contribution in [-0.4, -0.2) is 16.6 Å². The number of fused-ring (bicyclic) bond motifs is 1. The van der Waals surface area contributed by atoms with Crippen molar-refractivity contribution in [3.8, 4) is 5.88 Å². The zero-order chi connectivity index (χ0) is 9.80. The Morgan fingerprint density at radius 1 is 1.36 bits per heavy atom. The van der Waals surface area contributed by atoms with Crippen LogP contribution >= 0.6 is 0 Å². The number of aryl methyl sites for hydroxylation is 1. The van der Waals surface area contributed by atoms with E-state index in [-0.39, 0.29) is 0 Å². The van der Waals surface area contributed by atoms with Crippen LogP contribution in [0, 0.1) is 0 Å². The first-order valence-corrected chi connectivity index (χ1v) is 4.98. The highest BCUT2D eigenvalue weighted by Crippen LogP contribution is 2.25. The van der Waals surface area contributed by atoms with E-state index in [1.807, 2.05) is 0 Å². The van der Waals surface area contributed by atoms with Gasteiger partial charge in [0.25, 0.3) is 0 Å². The van der Waals surface area contributed by atoms with Gasteiger partial charge in [-0.25, -0.2) is 9.97 Å². The lowest BCUT2D eigenvalue weighted by atomic mass is 9.97. The van der Waals surface area contributed by atoms with Crippen molar-refractivity contribution in [3.63, 3.8) is 0 Å². The van der Waals surface area contributed by atoms with Crippen molar-refractivity contribution in [2.75, 3.05) is 6.61 Å². The van der Waals surface area contributed by atoms with Crippen molar-refractivity contribution >= 4 is 0 Å². The summed E-state index contributed by atoms with van der Waals surface area (Å²) in [5.41, 5.74) is 2.35. The Morgan fingerprint density at radius 3 is 3.07 bits per heavy atom. The lowest BCUT2D eigenvalue weighted by Gasteiger charge is -2.16. The Balaban J connectivity index is 2.25. The van der Waals surface area contributed by atoms with Gasteiger partial charge in [0.1, 0.15) is 12.9 Å². The SMILES string of the molecule is C=CCOc1ncnc2c1CCCC2. The van der Waals surface area contributed by atoms with E-state index in [0.717, 1.165) is 24.4 Å². The summed E-state index contributed by atoms with van der Waals surface area (Å²) in [5, 5.41) is 0. The Labute approximate surface area is 83.8 Å². The van der Waals surface area contributed by atoms with Crippen LogP contribution in [0.15, 0.2) is 19.0 Å². The second-order valence-electron chi connectivity index (χ2n) is 3.41. The predicted molar refractivity (Wildman–Crippen MR) is 54.4 cm³/mol. The van der Waals surface area contributed by atoms with Crippen LogP contribution in [0.25, 0.3) is 0 Å². The first kappa shape index (κ1) is 9.19. The van der Waals surface area contributed by atoms with Crippen LogP contribution in [0.3, 0.4) is 0 Å². The fourth-order valence-corrected chi connectivity index (χ4v) is 1.75. The molecule has 1 aromatic rings. The maximum absolute atomic E-state index is 5.48. The molecule has 1 aliphatic rings. The molecule has 0 saturated carbocycles. The Kier molecular flexibility index (Phi) is 2.77. The van der Waals surface area contributed by atoms with E-state index in [1.54, 1.807) is 12.4 Å². The topological polar surface area (TPSA) is 35.0 Å². The lowest BCUT2D eigenvalue weighted by Crippen LogP contribution is -2.09. The van der Waals surface area contributed by atoms with Gasteiger partial charge in [0.2, 0.25) is 5.88 Å². The smallest absolute Gasteiger partial charge is 0.220 e. The fraction of sp³-hybridized carbons (Fsp3) is 0.455. The van der Waals surface area contributed by atoms with Crippen molar-refractivity contribution in [2.24, 2.45) is 0 Å². The molecule has 0 atom stereocenters. The second-order valence-corrected chi connectivity index (χ2v) is 3.41. The van der Waals surface area contributed by atoms with E-state index in [4.69, 9.17) is 4.74 Å². The molecule has 0 saturated heterocycles. The minimum Gasteiger partial charge on any atom is -0.473 e. The van der Waals surface area contributed by atoms with Gasteiger partial charge in [0.05, 0.1) is 5.69 Å². The predicted octanol–water partition coefficient (Wildman–Crippen LogP) is 1.92. The highest BCUT2D eigenvalue weighted by molar-refractivity contribution is 5.31. The molecule has 0 bridgehead atoms. The summed E-state index contributed by atoms with van der Waals surface area (Å²) in [4.78, 5) is 8.42. The Bertz CT molecular complexity index is 336. The second kappa shape index (κ2) is 4.22. The first-order valence-electron chi connectivity index (χ1n) is 4.98. The molecule has 0 aliphatic heterocycles. The molecule has 1 heterocycles. The fourth-order valence-electron chi connectivity index (χ4n) is 1.75. The van der Waals surface area contributed by atoms with Crippen molar-refractivity contribution in [2.45, 2.75) is 25.7 Å². The number of hydrogen-bond acceptors (Lipinski definition) is 3. The molecule has 0 N–H and O–H groups in total. The summed E-state index contributed by atoms with van der Waals surface area (Å²) in [7, 11) is 0. The number of aromatic nitrogens is 2. The third-order valence-corrected chi connectivity index (χ3v) is 2.42. The number of rotatable bonds is 3. The molecule has 0 aromatic carbocycles. The van der Waals surface area contributed by atoms with Gasteiger partial charge in [-0.15, -0.1) is 0 Å². The molecule has 0 spiro atoms. The Hall–Kier alpha value is -1.38. The van der Waals surface area contributed by atoms with Crippen LogP contribution in [-0.2, 0) is 12.8 Å². The third kappa shape index (κ3) is 1.76. The maximum Gasteiger partial charge on any atom is 0.220 e. The van der Waals surface area contributed by atoms with E-state index < -0.39 is 0 Å². The van der Waals surface area contributed by atoms with Gasteiger partial charge in [-0.2, -0.15) is 0 Å². The number of nitrogens with zero attached hydrogens (tertiary/aromatic N) is 2. The molecular weight excluding hydrogens is 176 g/mol. The average Bonchev–Trinajstić information content (AvgIpc) is 2.26. The Morgan fingerprint density at radius 2 is 2.21 bits per heavy atom. The average molecular weight is 190 g/mol. The van der Waals surface area contributed by atoms with Crippen molar-refractivity contribution in [3.05, 3.63) is 30.2 Å². The molecule has 3 nitrogen and oxygen atoms in total. The molecule has 3 heteroatoms. The molecule has 1 aromatic heterocycles. The van der Waals surface area contributed by atoms with Gasteiger partial charge < -0.3 is 4.74 Å². The third-order valence-electron chi connectivity index (χ3n) is 2.42. The summed E-state index contributed by atoms with van der Waals surface area (Å²) in [6.45, 7) is 4.14. The monoisotopic (exact) mass is 190 g/mol. The van der Waals surface area contributed by atoms with Gasteiger partial charge in [-0.3, -0.25) is 0 Å². The van der Waals surface area contributed by atoms with E-state index in [2.05, 4.69) is 16.5 Å². The van der Waals surface area contributed by atoms with E-state index in [0.29, 0.717) is 6.61 Å². The van der Waals surface area contributed by atoms with Crippen molar-refractivity contribution in [1.29, 1.82) is 0 Å². The molecule has 1 aliphatic carbocycles. The van der Waals surface area contributed by atoms with Crippen LogP contribution in [0.5, 0.6) is 5.88 Å². The first-order chi connectivity index (χ1) is 6.92. The normalized spacial score (nSPS) is 14.6. The van der Waals surface area contributed by atoms with Crippen LogP contribution < -0.4 is 4.74 Å². The van der Waals surface area contributed by atoms with E-state index in [9.17, 15) is 0 Å². The molecule has 0 unspecified atom stereocenters. The molecule has 2 rings (SSSR count). The number of hydrogen-bond donors (Lipinski definition) is 0. The van der Waals surface area contributed by atoms with Crippen molar-refractivity contribution < 1.29 is 4.74 Å². The van der Waals surface area contributed by atoms with Gasteiger partial charge in [-0.1, -0.05) is 12.7 Å². The molecule has 0 amide bonds. The van der Waals surface area contributed by atoms with Crippen LogP contribution in [0.2, 0.25) is 0 Å². The largest absolute Gasteiger partial charge is 0.473 e. The summed E-state index contributed by atoms with van der Waals surface area (Å²) < 4.78 is 5.48. The molecule has 14 heavy (non-hydrogen) atoms. The molecule has 74 valence electrons. The van der Waals surface area contributed by atoms with Gasteiger partial charge in [-0.05, 0) is 25.7 Å². The van der Waals surface area contributed by atoms with Gasteiger partial charge >= 0.3 is 0 Å². The zero-order valence-corrected chi connectivity index (χ0v) is 8.20. The summed E-state index contributed by atoms with van der Waals surface area (Å²) in [5.74, 6) is 0.745. The quantitative estimate of drug-likeness (QED) is 0.683. The highest BCUT2D eigenvalue weighted by Gasteiger charge is 2.15. The molecular formula is C11H14N2O. The van der Waals surface area contributed by atoms with Gasteiger partial charge in [0.15, 0.2) is 0 Å². The van der Waals surface area contributed by atoms with E-state index in [1.165, 1.54) is 18.4 Å². The standard InChI is InChI=1S/C11H14N2O/c1-2-7-14-11-9-5-3-4-6-10(9)12-8-13-11/h2,8H,1,3-7H2. The number of ether oxygens (including phenoxy) is 1. The molecule has 0 radical (unpaired) electrons. The summed E-state index contributed by atoms with van der Waals surface area (Å²) in [6, 6.07) is 0. The minimum atomic E-state index is 0.517. The van der Waals surface area contributed by atoms with Crippen LogP contribution in [0.1, 0.15) is 24.1 Å². The summed E-state index contributed by atoms with van der Waals surface area (Å²) >= 11 is 0. The zero-order valence-electron chi connectivity index (χ0n) is 8.20. The van der Waals surface area contributed by atoms with Crippen LogP contribution in [0.4, 0.5) is 0 Å². The van der Waals surface area contributed by atoms with Crippen molar-refractivity contribution in [1.82, 2.24) is 9.97 Å². The lowest BCUT2D eigenvalue weighted by molar-refractivity contribution is 0.340. The van der Waals surface area contributed by atoms with Gasteiger partial charge in [0, 0.05) is 5.56 Å². The minimum absolute atomic E-state index is 0.517. The highest BCUT2D eigenvalue weighted by atomic mass is 16.5. The van der Waals surface area contributed by atoms with E-state index >= 15 is 0 Å². The molecule has 0 fully saturated rings.